The number of halogens is 1. The lowest BCUT2D eigenvalue weighted by Gasteiger charge is -2.12. The van der Waals surface area contributed by atoms with Crippen LogP contribution >= 0.6 is 12.4 Å². The predicted molar refractivity (Wildman–Crippen MR) is 97.2 cm³/mol. The van der Waals surface area contributed by atoms with E-state index in [0.717, 1.165) is 12.8 Å². The minimum atomic E-state index is -3.58. The summed E-state index contributed by atoms with van der Waals surface area (Å²) in [7, 11) is -0.673. The molecular weight excluding hydrogens is 368 g/mol. The molecule has 1 aliphatic rings. The summed E-state index contributed by atoms with van der Waals surface area (Å²) in [6.45, 7) is 0.389. The van der Waals surface area contributed by atoms with Crippen LogP contribution in [0.3, 0.4) is 0 Å². The molecule has 0 spiro atoms. The fraction of sp³-hybridized carbons (Fsp3) is 0.562. The van der Waals surface area contributed by atoms with Gasteiger partial charge in [-0.15, -0.1) is 12.4 Å². The van der Waals surface area contributed by atoms with Crippen LogP contribution in [-0.4, -0.2) is 46.9 Å². The van der Waals surface area contributed by atoms with Crippen molar-refractivity contribution in [1.29, 1.82) is 0 Å². The highest BCUT2D eigenvalue weighted by atomic mass is 35.5. The third-order valence-electron chi connectivity index (χ3n) is 4.07. The van der Waals surface area contributed by atoms with Crippen molar-refractivity contribution in [3.63, 3.8) is 0 Å². The first-order valence-corrected chi connectivity index (χ1v) is 9.49. The Balaban J connectivity index is 0.00000312. The molecule has 1 aromatic rings. The van der Waals surface area contributed by atoms with Crippen molar-refractivity contribution < 1.29 is 22.7 Å². The van der Waals surface area contributed by atoms with E-state index in [1.165, 1.54) is 32.4 Å². The molecule has 0 bridgehead atoms. The molecule has 3 N–H and O–H groups in total. The molecule has 2 rings (SSSR count). The molecule has 0 saturated heterocycles. The van der Waals surface area contributed by atoms with Gasteiger partial charge in [0.1, 0.15) is 0 Å². The van der Waals surface area contributed by atoms with E-state index in [9.17, 15) is 13.2 Å². The first-order chi connectivity index (χ1) is 11.4. The molecule has 1 fully saturated rings. The highest BCUT2D eigenvalue weighted by Gasteiger charge is 2.28. The Bertz CT molecular complexity index is 692. The topological polar surface area (TPSA) is 108 Å². The van der Waals surface area contributed by atoms with Crippen LogP contribution in [0.15, 0.2) is 23.1 Å². The molecule has 0 heterocycles. The zero-order valence-electron chi connectivity index (χ0n) is 14.4. The lowest BCUT2D eigenvalue weighted by molar-refractivity contribution is -0.120. The lowest BCUT2D eigenvalue weighted by atomic mass is 10.2. The molecule has 1 saturated carbocycles. The summed E-state index contributed by atoms with van der Waals surface area (Å²) in [5.41, 5.74) is 5.90. The number of methoxy groups -OCH3 is 2. The van der Waals surface area contributed by atoms with Crippen LogP contribution in [0.1, 0.15) is 19.3 Å². The van der Waals surface area contributed by atoms with Gasteiger partial charge in [-0.25, -0.2) is 8.42 Å². The third kappa shape index (κ3) is 6.05. The standard InChI is InChI=1S/C16H24N2O5S.ClH/c1-22-14-6-5-12(9-15(14)23-2)24(20,21)8-7-16(19)18-10-13(17)11-3-4-11;/h5-6,9,11,13H,3-4,7-8,10,17H2,1-2H3,(H,18,19);1H. The Morgan fingerprint density at radius 3 is 2.48 bits per heavy atom. The van der Waals surface area contributed by atoms with Gasteiger partial charge in [0.05, 0.1) is 24.9 Å². The van der Waals surface area contributed by atoms with Gasteiger partial charge >= 0.3 is 0 Å². The molecule has 1 amide bonds. The van der Waals surface area contributed by atoms with Gasteiger partial charge < -0.3 is 20.5 Å². The Morgan fingerprint density at radius 2 is 1.92 bits per heavy atom. The van der Waals surface area contributed by atoms with Gasteiger partial charge in [0.25, 0.3) is 0 Å². The maximum atomic E-state index is 12.4. The van der Waals surface area contributed by atoms with Crippen LogP contribution in [0, 0.1) is 5.92 Å². The highest BCUT2D eigenvalue weighted by Crippen LogP contribution is 2.31. The number of benzene rings is 1. The minimum absolute atomic E-state index is 0. The van der Waals surface area contributed by atoms with Crippen molar-refractivity contribution in [1.82, 2.24) is 5.32 Å². The smallest absolute Gasteiger partial charge is 0.221 e. The van der Waals surface area contributed by atoms with Crippen molar-refractivity contribution in [2.75, 3.05) is 26.5 Å². The van der Waals surface area contributed by atoms with Crippen molar-refractivity contribution in [2.24, 2.45) is 11.7 Å². The zero-order chi connectivity index (χ0) is 17.7. The van der Waals surface area contributed by atoms with E-state index < -0.39 is 9.84 Å². The quantitative estimate of drug-likeness (QED) is 0.652. The van der Waals surface area contributed by atoms with Crippen LogP contribution in [0.2, 0.25) is 0 Å². The predicted octanol–water partition coefficient (Wildman–Crippen LogP) is 1.14. The van der Waals surface area contributed by atoms with E-state index in [2.05, 4.69) is 5.32 Å². The van der Waals surface area contributed by atoms with E-state index in [-0.39, 0.29) is 41.4 Å². The van der Waals surface area contributed by atoms with Gasteiger partial charge in [-0.05, 0) is 30.9 Å². The molecule has 1 aromatic carbocycles. The maximum absolute atomic E-state index is 12.4. The van der Waals surface area contributed by atoms with Crippen LogP contribution in [0.5, 0.6) is 11.5 Å². The van der Waals surface area contributed by atoms with Gasteiger partial charge in [-0.3, -0.25) is 4.79 Å². The monoisotopic (exact) mass is 392 g/mol. The summed E-state index contributed by atoms with van der Waals surface area (Å²) < 4.78 is 34.9. The van der Waals surface area contributed by atoms with Crippen molar-refractivity contribution in [3.05, 3.63) is 18.2 Å². The van der Waals surface area contributed by atoms with Crippen molar-refractivity contribution in [3.8, 4) is 11.5 Å². The van der Waals surface area contributed by atoms with Crippen LogP contribution < -0.4 is 20.5 Å². The number of carbonyl (C=O) groups is 1. The van der Waals surface area contributed by atoms with Crippen molar-refractivity contribution in [2.45, 2.75) is 30.2 Å². The number of hydrogen-bond acceptors (Lipinski definition) is 6. The van der Waals surface area contributed by atoms with E-state index in [1.807, 2.05) is 0 Å². The summed E-state index contributed by atoms with van der Waals surface area (Å²) in [6, 6.07) is 4.32. The summed E-state index contributed by atoms with van der Waals surface area (Å²) >= 11 is 0. The summed E-state index contributed by atoms with van der Waals surface area (Å²) in [5, 5.41) is 2.70. The molecule has 1 atom stereocenters. The minimum Gasteiger partial charge on any atom is -0.493 e. The highest BCUT2D eigenvalue weighted by molar-refractivity contribution is 7.91. The first-order valence-electron chi connectivity index (χ1n) is 7.84. The van der Waals surface area contributed by atoms with Gasteiger partial charge in [0, 0.05) is 25.1 Å². The number of nitrogens with two attached hydrogens (primary N) is 1. The van der Waals surface area contributed by atoms with E-state index >= 15 is 0 Å². The number of rotatable bonds is 9. The van der Waals surface area contributed by atoms with Gasteiger partial charge in [-0.1, -0.05) is 0 Å². The molecule has 0 aromatic heterocycles. The normalized spacial score (nSPS) is 15.0. The molecule has 9 heteroatoms. The second-order valence-electron chi connectivity index (χ2n) is 5.89. The molecule has 25 heavy (non-hydrogen) atoms. The van der Waals surface area contributed by atoms with E-state index in [4.69, 9.17) is 15.2 Å². The lowest BCUT2D eigenvalue weighted by Crippen LogP contribution is -2.39. The van der Waals surface area contributed by atoms with Gasteiger partial charge in [-0.2, -0.15) is 0 Å². The second kappa shape index (κ2) is 9.26. The molecule has 1 aliphatic carbocycles. The fourth-order valence-electron chi connectivity index (χ4n) is 2.37. The maximum Gasteiger partial charge on any atom is 0.221 e. The molecule has 1 unspecified atom stereocenters. The number of carbonyl (C=O) groups excluding carboxylic acids is 1. The summed E-state index contributed by atoms with van der Waals surface area (Å²) in [5.74, 6) is 0.685. The SMILES string of the molecule is COc1ccc(S(=O)(=O)CCC(=O)NCC(N)C2CC2)cc1OC.Cl. The first kappa shape index (κ1) is 21.5. The number of amides is 1. The number of ether oxygens (including phenoxy) is 2. The van der Waals surface area contributed by atoms with Crippen LogP contribution in [0.4, 0.5) is 0 Å². The average Bonchev–Trinajstić information content (AvgIpc) is 3.42. The van der Waals surface area contributed by atoms with Gasteiger partial charge in [0.15, 0.2) is 21.3 Å². The van der Waals surface area contributed by atoms with Crippen LogP contribution in [0.25, 0.3) is 0 Å². The number of nitrogens with one attached hydrogen (secondary N) is 1. The number of sulfone groups is 1. The molecule has 7 nitrogen and oxygen atoms in total. The zero-order valence-corrected chi connectivity index (χ0v) is 16.0. The van der Waals surface area contributed by atoms with Crippen LogP contribution in [-0.2, 0) is 14.6 Å². The molecule has 0 aliphatic heterocycles. The third-order valence-corrected chi connectivity index (χ3v) is 5.79. The Hall–Kier alpha value is -1.51. The van der Waals surface area contributed by atoms with E-state index in [0.29, 0.717) is 24.0 Å². The molecule has 142 valence electrons. The van der Waals surface area contributed by atoms with Crippen molar-refractivity contribution >= 4 is 28.2 Å². The summed E-state index contributed by atoms with van der Waals surface area (Å²) in [6.07, 6.45) is 2.10. The molecule has 0 radical (unpaired) electrons. The average molecular weight is 393 g/mol. The van der Waals surface area contributed by atoms with E-state index in [1.54, 1.807) is 0 Å². The summed E-state index contributed by atoms with van der Waals surface area (Å²) in [4.78, 5) is 11.9. The van der Waals surface area contributed by atoms with Gasteiger partial charge in [0.2, 0.25) is 5.91 Å². The Morgan fingerprint density at radius 1 is 1.28 bits per heavy atom. The molecular formula is C16H25ClN2O5S. The second-order valence-corrected chi connectivity index (χ2v) is 8.00. The Kier molecular flexibility index (Phi) is 7.98. The fourth-order valence-corrected chi connectivity index (χ4v) is 3.62. The Labute approximate surface area is 154 Å². The largest absolute Gasteiger partial charge is 0.493 e. The number of hydrogen-bond donors (Lipinski definition) is 2.